The molecular formula is C31H43FN6O2. The van der Waals surface area contributed by atoms with Gasteiger partial charge in [0.1, 0.15) is 22.9 Å². The number of hydrogen-bond donors (Lipinski definition) is 0. The summed E-state index contributed by atoms with van der Waals surface area (Å²) in [5, 5.41) is 13.0. The van der Waals surface area contributed by atoms with Crippen molar-refractivity contribution in [3.63, 3.8) is 0 Å². The second-order valence-electron chi connectivity index (χ2n) is 10.7. The quantitative estimate of drug-likeness (QED) is 0.207. The van der Waals surface area contributed by atoms with Crippen LogP contribution in [0.4, 0.5) is 10.1 Å². The Morgan fingerprint density at radius 3 is 2.35 bits per heavy atom. The van der Waals surface area contributed by atoms with Crippen molar-refractivity contribution in [1.29, 1.82) is 5.26 Å². The Labute approximate surface area is 237 Å². The van der Waals surface area contributed by atoms with Gasteiger partial charge in [-0.2, -0.15) is 9.65 Å². The van der Waals surface area contributed by atoms with Gasteiger partial charge in [0.05, 0.1) is 17.4 Å². The summed E-state index contributed by atoms with van der Waals surface area (Å²) in [6.45, 7) is 13.3. The fourth-order valence-electron chi connectivity index (χ4n) is 4.60. The summed E-state index contributed by atoms with van der Waals surface area (Å²) in [7, 11) is 3.81. The molecule has 0 unspecified atom stereocenters. The molecule has 0 aliphatic heterocycles. The summed E-state index contributed by atoms with van der Waals surface area (Å²) in [5.74, 6) is -0.485. The van der Waals surface area contributed by atoms with Crippen molar-refractivity contribution in [2.75, 3.05) is 11.9 Å². The van der Waals surface area contributed by atoms with E-state index in [0.29, 0.717) is 23.0 Å². The number of pyridine rings is 3. The molecule has 4 rings (SSSR count). The lowest BCUT2D eigenvalue weighted by Gasteiger charge is -2.34. The summed E-state index contributed by atoms with van der Waals surface area (Å²) in [4.78, 5) is 28.2. The number of aromatic nitrogens is 3. The fraction of sp³-hybridized carbons (Fsp3) is 0.516. The third kappa shape index (κ3) is 8.35. The average molecular weight is 551 g/mol. The van der Waals surface area contributed by atoms with Crippen LogP contribution in [0.3, 0.4) is 0 Å². The maximum atomic E-state index is 12.7. The van der Waals surface area contributed by atoms with Crippen LogP contribution in [0.25, 0.3) is 11.0 Å². The van der Waals surface area contributed by atoms with Crippen LogP contribution in [0.5, 0.6) is 0 Å². The van der Waals surface area contributed by atoms with Crippen LogP contribution < -0.4 is 10.5 Å². The van der Waals surface area contributed by atoms with E-state index in [1.807, 2.05) is 47.6 Å². The van der Waals surface area contributed by atoms with Crippen molar-refractivity contribution < 1.29 is 9.23 Å². The molecule has 3 heterocycles. The highest BCUT2D eigenvalue weighted by atomic mass is 19.1. The molecule has 40 heavy (non-hydrogen) atoms. The standard InChI is InChI=1S/C18H22N4O.C11H15FN2O.C2H6/c1-12-17(21(2)14-7-5-4-6-8-14)16-15(22(3)18(12)23)10-9-13(11-19)20-16;1-8-9(5-6-10(12)14-8)7-13-15-11(2,3)4;1-2/h9-10,14H,4-8H2,1-3H3;5-7H,1-4H3;1-2H3/b;13-7-;. The molecule has 0 spiro atoms. The van der Waals surface area contributed by atoms with Gasteiger partial charge in [-0.05, 0) is 71.7 Å². The number of nitriles is 1. The van der Waals surface area contributed by atoms with Crippen molar-refractivity contribution in [2.45, 2.75) is 92.2 Å². The number of aryl methyl sites for hydroxylation is 2. The molecule has 0 amide bonds. The van der Waals surface area contributed by atoms with E-state index >= 15 is 0 Å². The molecule has 1 saturated carbocycles. The third-order valence-electron chi connectivity index (χ3n) is 6.64. The Hall–Kier alpha value is -3.80. The van der Waals surface area contributed by atoms with E-state index in [1.54, 1.807) is 30.7 Å². The van der Waals surface area contributed by atoms with Crippen LogP contribution in [-0.4, -0.2) is 39.4 Å². The Bertz CT molecular complexity index is 1410. The summed E-state index contributed by atoms with van der Waals surface area (Å²) < 4.78 is 14.3. The predicted molar refractivity (Wildman–Crippen MR) is 160 cm³/mol. The minimum absolute atomic E-state index is 0.00154. The fourth-order valence-corrected chi connectivity index (χ4v) is 4.60. The molecule has 0 saturated heterocycles. The lowest BCUT2D eigenvalue weighted by Crippen LogP contribution is -2.36. The smallest absolute Gasteiger partial charge is 0.255 e. The number of fused-ring (bicyclic) bond motifs is 1. The number of oxime groups is 1. The van der Waals surface area contributed by atoms with Crippen LogP contribution in [0, 0.1) is 31.1 Å². The Morgan fingerprint density at radius 2 is 1.77 bits per heavy atom. The van der Waals surface area contributed by atoms with E-state index in [-0.39, 0.29) is 11.2 Å². The first-order chi connectivity index (χ1) is 18.9. The number of anilines is 1. The van der Waals surface area contributed by atoms with Gasteiger partial charge in [0.2, 0.25) is 5.95 Å². The molecule has 0 bridgehead atoms. The molecular weight excluding hydrogens is 507 g/mol. The normalized spacial score (nSPS) is 13.6. The van der Waals surface area contributed by atoms with Gasteiger partial charge >= 0.3 is 0 Å². The van der Waals surface area contributed by atoms with Crippen molar-refractivity contribution in [3.8, 4) is 6.07 Å². The van der Waals surface area contributed by atoms with Crippen LogP contribution in [-0.2, 0) is 11.9 Å². The lowest BCUT2D eigenvalue weighted by molar-refractivity contribution is 0.00198. The highest BCUT2D eigenvalue weighted by molar-refractivity contribution is 5.90. The molecule has 216 valence electrons. The van der Waals surface area contributed by atoms with E-state index in [1.165, 1.54) is 31.5 Å². The molecule has 1 aliphatic rings. The van der Waals surface area contributed by atoms with Gasteiger partial charge in [-0.15, -0.1) is 0 Å². The van der Waals surface area contributed by atoms with Gasteiger partial charge in [0, 0.05) is 37.0 Å². The van der Waals surface area contributed by atoms with Crippen LogP contribution >= 0.6 is 0 Å². The summed E-state index contributed by atoms with van der Waals surface area (Å²) >= 11 is 0. The van der Waals surface area contributed by atoms with E-state index in [9.17, 15) is 14.4 Å². The Morgan fingerprint density at radius 1 is 1.12 bits per heavy atom. The average Bonchev–Trinajstić information content (AvgIpc) is 2.94. The number of halogens is 1. The first-order valence-electron chi connectivity index (χ1n) is 13.9. The monoisotopic (exact) mass is 550 g/mol. The lowest BCUT2D eigenvalue weighted by atomic mass is 9.93. The van der Waals surface area contributed by atoms with Gasteiger partial charge in [-0.1, -0.05) is 38.3 Å². The van der Waals surface area contributed by atoms with Crippen molar-refractivity contribution >= 4 is 22.9 Å². The zero-order chi connectivity index (χ0) is 30.0. The first-order valence-corrected chi connectivity index (χ1v) is 13.9. The van der Waals surface area contributed by atoms with Gasteiger partial charge in [0.25, 0.3) is 5.56 Å². The predicted octanol–water partition coefficient (Wildman–Crippen LogP) is 6.59. The SMILES string of the molecule is CC.Cc1c(N(C)C2CCCCC2)c2nc(C#N)ccc2n(C)c1=O.Cc1nc(F)ccc1/C=N\OC(C)(C)C. The first kappa shape index (κ1) is 32.4. The highest BCUT2D eigenvalue weighted by Gasteiger charge is 2.24. The van der Waals surface area contributed by atoms with Gasteiger partial charge < -0.3 is 14.3 Å². The van der Waals surface area contributed by atoms with Crippen LogP contribution in [0.15, 0.2) is 34.2 Å². The zero-order valence-corrected chi connectivity index (χ0v) is 25.4. The molecule has 8 nitrogen and oxygen atoms in total. The molecule has 9 heteroatoms. The summed E-state index contributed by atoms with van der Waals surface area (Å²) in [6, 6.07) is 8.94. The highest BCUT2D eigenvalue weighted by Crippen LogP contribution is 2.31. The molecule has 3 aromatic heterocycles. The molecule has 1 fully saturated rings. The summed E-state index contributed by atoms with van der Waals surface area (Å²) in [5.41, 5.74) is 4.52. The van der Waals surface area contributed by atoms with Crippen LogP contribution in [0.1, 0.15) is 89.2 Å². The largest absolute Gasteiger partial charge is 0.390 e. The number of rotatable bonds is 4. The van der Waals surface area contributed by atoms with Crippen LogP contribution in [0.2, 0.25) is 0 Å². The molecule has 3 aromatic rings. The number of hydrogen-bond acceptors (Lipinski definition) is 7. The van der Waals surface area contributed by atoms with Gasteiger partial charge in [0.15, 0.2) is 0 Å². The third-order valence-corrected chi connectivity index (χ3v) is 6.64. The van der Waals surface area contributed by atoms with E-state index in [0.717, 1.165) is 35.1 Å². The van der Waals surface area contributed by atoms with E-state index < -0.39 is 5.95 Å². The molecule has 0 radical (unpaired) electrons. The minimum Gasteiger partial charge on any atom is -0.390 e. The van der Waals surface area contributed by atoms with E-state index in [4.69, 9.17) is 4.84 Å². The second-order valence-corrected chi connectivity index (χ2v) is 10.7. The second kappa shape index (κ2) is 14.5. The van der Waals surface area contributed by atoms with E-state index in [2.05, 4.69) is 33.1 Å². The molecule has 0 N–H and O–H groups in total. The van der Waals surface area contributed by atoms with Gasteiger partial charge in [-0.25, -0.2) is 9.97 Å². The number of nitrogens with zero attached hydrogens (tertiary/aromatic N) is 6. The van der Waals surface area contributed by atoms with Crippen molar-refractivity contribution in [2.24, 2.45) is 12.2 Å². The molecule has 1 aliphatic carbocycles. The zero-order valence-electron chi connectivity index (χ0n) is 25.4. The van der Waals surface area contributed by atoms with Crippen molar-refractivity contribution in [3.05, 3.63) is 63.1 Å². The molecule has 0 atom stereocenters. The Kier molecular flexibility index (Phi) is 11.8. The van der Waals surface area contributed by atoms with Crippen molar-refractivity contribution in [1.82, 2.24) is 14.5 Å². The maximum absolute atomic E-state index is 12.7. The topological polar surface area (TPSA) is 96.4 Å². The minimum atomic E-state index is -0.485. The molecule has 0 aromatic carbocycles. The Balaban J connectivity index is 0.000000287. The van der Waals surface area contributed by atoms with Gasteiger partial charge in [-0.3, -0.25) is 4.79 Å². The summed E-state index contributed by atoms with van der Waals surface area (Å²) in [6.07, 6.45) is 7.57. The maximum Gasteiger partial charge on any atom is 0.255 e.